The predicted molar refractivity (Wildman–Crippen MR) is 66.9 cm³/mol. The number of rotatable bonds is 3. The van der Waals surface area contributed by atoms with Gasteiger partial charge in [0.2, 0.25) is 0 Å². The monoisotopic (exact) mass is 269 g/mol. The van der Waals surface area contributed by atoms with Gasteiger partial charge in [0.05, 0.1) is 11.4 Å². The van der Waals surface area contributed by atoms with Crippen molar-refractivity contribution in [3.8, 4) is 0 Å². The SMILES string of the molecule is Cc1n[nH]c(C)c1S(=O)(=O)Nc1n[nH]c(C)c1C. The maximum Gasteiger partial charge on any atom is 0.266 e. The lowest BCUT2D eigenvalue weighted by Crippen LogP contribution is -2.15. The second kappa shape index (κ2) is 4.13. The van der Waals surface area contributed by atoms with Crippen LogP contribution in [0.3, 0.4) is 0 Å². The molecule has 0 saturated heterocycles. The molecule has 2 rings (SSSR count). The molecule has 2 heterocycles. The van der Waals surface area contributed by atoms with Crippen molar-refractivity contribution in [2.75, 3.05) is 4.72 Å². The molecule has 2 aromatic rings. The van der Waals surface area contributed by atoms with Gasteiger partial charge in [-0.15, -0.1) is 0 Å². The molecule has 0 bridgehead atoms. The Balaban J connectivity index is 2.43. The fourth-order valence-corrected chi connectivity index (χ4v) is 3.14. The highest BCUT2D eigenvalue weighted by molar-refractivity contribution is 7.92. The second-order valence-corrected chi connectivity index (χ2v) is 5.81. The van der Waals surface area contributed by atoms with E-state index in [2.05, 4.69) is 25.1 Å². The standard InChI is InChI=1S/C10H15N5O2S/c1-5-6(2)11-14-10(5)15-18(16,17)9-7(3)12-13-8(9)4/h1-4H3,(H,12,13)(H2,11,14,15). The minimum Gasteiger partial charge on any atom is -0.281 e. The Bertz CT molecular complexity index is 664. The van der Waals surface area contributed by atoms with Crippen LogP contribution in [0.1, 0.15) is 22.6 Å². The van der Waals surface area contributed by atoms with E-state index >= 15 is 0 Å². The van der Waals surface area contributed by atoms with Crippen molar-refractivity contribution in [3.05, 3.63) is 22.6 Å². The van der Waals surface area contributed by atoms with Crippen LogP contribution in [0.15, 0.2) is 4.90 Å². The van der Waals surface area contributed by atoms with Crippen molar-refractivity contribution in [1.82, 2.24) is 20.4 Å². The zero-order valence-electron chi connectivity index (χ0n) is 10.6. The average Bonchev–Trinajstić information content (AvgIpc) is 2.76. The molecule has 0 amide bonds. The number of aromatic amines is 2. The van der Waals surface area contributed by atoms with Crippen LogP contribution in [-0.2, 0) is 10.0 Å². The third kappa shape index (κ3) is 1.99. The molecule has 2 aromatic heterocycles. The fraction of sp³-hybridized carbons (Fsp3) is 0.400. The average molecular weight is 269 g/mol. The van der Waals surface area contributed by atoms with Gasteiger partial charge in [-0.1, -0.05) is 0 Å². The Morgan fingerprint density at radius 2 is 1.61 bits per heavy atom. The van der Waals surface area contributed by atoms with Gasteiger partial charge < -0.3 is 0 Å². The van der Waals surface area contributed by atoms with Crippen molar-refractivity contribution in [2.45, 2.75) is 32.6 Å². The van der Waals surface area contributed by atoms with Crippen molar-refractivity contribution >= 4 is 15.8 Å². The molecule has 8 heteroatoms. The van der Waals surface area contributed by atoms with Crippen LogP contribution in [0.5, 0.6) is 0 Å². The number of aryl methyl sites for hydroxylation is 3. The number of nitrogens with zero attached hydrogens (tertiary/aromatic N) is 2. The molecule has 0 radical (unpaired) electrons. The number of nitrogens with one attached hydrogen (secondary N) is 3. The number of hydrogen-bond acceptors (Lipinski definition) is 4. The van der Waals surface area contributed by atoms with Gasteiger partial charge in [-0.3, -0.25) is 14.9 Å². The van der Waals surface area contributed by atoms with E-state index in [1.807, 2.05) is 6.92 Å². The van der Waals surface area contributed by atoms with E-state index in [0.717, 1.165) is 11.3 Å². The van der Waals surface area contributed by atoms with Crippen LogP contribution in [-0.4, -0.2) is 28.8 Å². The smallest absolute Gasteiger partial charge is 0.266 e. The number of hydrogen-bond donors (Lipinski definition) is 3. The summed E-state index contributed by atoms with van der Waals surface area (Å²) in [6.07, 6.45) is 0. The summed E-state index contributed by atoms with van der Waals surface area (Å²) >= 11 is 0. The predicted octanol–water partition coefficient (Wildman–Crippen LogP) is 1.17. The maximum atomic E-state index is 12.2. The number of anilines is 1. The first-order valence-corrected chi connectivity index (χ1v) is 6.87. The Kier molecular flexibility index (Phi) is 2.89. The first-order valence-electron chi connectivity index (χ1n) is 5.39. The van der Waals surface area contributed by atoms with Gasteiger partial charge in [0, 0.05) is 11.3 Å². The fourth-order valence-electron chi connectivity index (χ4n) is 1.70. The van der Waals surface area contributed by atoms with E-state index in [0.29, 0.717) is 17.2 Å². The van der Waals surface area contributed by atoms with Gasteiger partial charge in [-0.25, -0.2) is 8.42 Å². The third-order valence-corrected chi connectivity index (χ3v) is 4.41. The normalized spacial score (nSPS) is 11.8. The quantitative estimate of drug-likeness (QED) is 0.778. The highest BCUT2D eigenvalue weighted by atomic mass is 32.2. The molecule has 3 N–H and O–H groups in total. The summed E-state index contributed by atoms with van der Waals surface area (Å²) < 4.78 is 26.9. The number of H-pyrrole nitrogens is 2. The van der Waals surface area contributed by atoms with Crippen LogP contribution in [0.2, 0.25) is 0 Å². The maximum absolute atomic E-state index is 12.2. The molecule has 98 valence electrons. The zero-order valence-corrected chi connectivity index (χ0v) is 11.4. The highest BCUT2D eigenvalue weighted by Gasteiger charge is 2.24. The van der Waals surface area contributed by atoms with E-state index in [-0.39, 0.29) is 4.90 Å². The minimum absolute atomic E-state index is 0.169. The van der Waals surface area contributed by atoms with Gasteiger partial charge in [-0.2, -0.15) is 10.2 Å². The van der Waals surface area contributed by atoms with Gasteiger partial charge in [0.25, 0.3) is 10.0 Å². The molecule has 0 unspecified atom stereocenters. The van der Waals surface area contributed by atoms with Crippen molar-refractivity contribution < 1.29 is 8.42 Å². The molecule has 0 atom stereocenters. The molecule has 0 aliphatic heterocycles. The van der Waals surface area contributed by atoms with Crippen molar-refractivity contribution in [2.24, 2.45) is 0 Å². The molecule has 0 saturated carbocycles. The first-order chi connectivity index (χ1) is 8.33. The summed E-state index contributed by atoms with van der Waals surface area (Å²) in [5.41, 5.74) is 2.54. The lowest BCUT2D eigenvalue weighted by molar-refractivity contribution is 0.600. The molecule has 0 aliphatic carbocycles. The van der Waals surface area contributed by atoms with E-state index in [1.165, 1.54) is 0 Å². The van der Waals surface area contributed by atoms with Gasteiger partial charge in [-0.05, 0) is 27.7 Å². The van der Waals surface area contributed by atoms with E-state index in [9.17, 15) is 8.42 Å². The Hall–Kier alpha value is -1.83. The summed E-state index contributed by atoms with van der Waals surface area (Å²) in [7, 11) is -3.67. The van der Waals surface area contributed by atoms with Gasteiger partial charge in [0.1, 0.15) is 4.90 Å². The summed E-state index contributed by atoms with van der Waals surface area (Å²) in [4.78, 5) is 0.169. The Labute approximate surface area is 105 Å². The van der Waals surface area contributed by atoms with E-state index < -0.39 is 10.0 Å². The van der Waals surface area contributed by atoms with Crippen molar-refractivity contribution in [1.29, 1.82) is 0 Å². The van der Waals surface area contributed by atoms with Crippen LogP contribution in [0.4, 0.5) is 5.82 Å². The van der Waals surface area contributed by atoms with Crippen LogP contribution in [0, 0.1) is 27.7 Å². The first kappa shape index (κ1) is 12.6. The second-order valence-electron chi connectivity index (χ2n) is 4.19. The van der Waals surface area contributed by atoms with E-state index in [1.54, 1.807) is 20.8 Å². The molecule has 18 heavy (non-hydrogen) atoms. The van der Waals surface area contributed by atoms with Gasteiger partial charge in [0.15, 0.2) is 5.82 Å². The van der Waals surface area contributed by atoms with Crippen LogP contribution >= 0.6 is 0 Å². The molecule has 0 aromatic carbocycles. The third-order valence-electron chi connectivity index (χ3n) is 2.81. The minimum atomic E-state index is -3.67. The molecular formula is C10H15N5O2S. The number of sulfonamides is 1. The molecular weight excluding hydrogens is 254 g/mol. The molecule has 7 nitrogen and oxygen atoms in total. The van der Waals surface area contributed by atoms with Crippen LogP contribution < -0.4 is 4.72 Å². The lowest BCUT2D eigenvalue weighted by Gasteiger charge is -2.06. The summed E-state index contributed by atoms with van der Waals surface area (Å²) in [5, 5.41) is 13.2. The summed E-state index contributed by atoms with van der Waals surface area (Å²) in [6, 6.07) is 0. The zero-order chi connectivity index (χ0) is 13.5. The number of aromatic nitrogens is 4. The molecule has 0 fully saturated rings. The summed E-state index contributed by atoms with van der Waals surface area (Å²) in [5.74, 6) is 0.313. The Morgan fingerprint density at radius 3 is 2.06 bits per heavy atom. The summed E-state index contributed by atoms with van der Waals surface area (Å²) in [6.45, 7) is 6.93. The lowest BCUT2D eigenvalue weighted by atomic mass is 10.3. The Morgan fingerprint density at radius 1 is 1.00 bits per heavy atom. The van der Waals surface area contributed by atoms with Crippen LogP contribution in [0.25, 0.3) is 0 Å². The molecule has 0 aliphatic rings. The van der Waals surface area contributed by atoms with Crippen molar-refractivity contribution in [3.63, 3.8) is 0 Å². The largest absolute Gasteiger partial charge is 0.281 e. The van der Waals surface area contributed by atoms with E-state index in [4.69, 9.17) is 0 Å². The van der Waals surface area contributed by atoms with Gasteiger partial charge >= 0.3 is 0 Å². The highest BCUT2D eigenvalue weighted by Crippen LogP contribution is 2.22. The topological polar surface area (TPSA) is 104 Å². The molecule has 0 spiro atoms.